The number of aromatic amines is 1. The lowest BCUT2D eigenvalue weighted by Crippen LogP contribution is -2.61. The number of nitrogens with one attached hydrogen (secondary N) is 4. The van der Waals surface area contributed by atoms with Crippen LogP contribution in [0, 0.1) is 0 Å². The summed E-state index contributed by atoms with van der Waals surface area (Å²) in [6.45, 7) is 0.685. The topological polar surface area (TPSA) is 219 Å². The average molecular weight is 758 g/mol. The highest BCUT2D eigenvalue weighted by atomic mass is 31.2. The smallest absolute Gasteiger partial charge is 0.370 e. The number of carbonyl (C=O) groups excluding carboxylic acids is 5. The third-order valence-corrected chi connectivity index (χ3v) is 10.6. The van der Waals surface area contributed by atoms with E-state index in [0.717, 1.165) is 29.7 Å². The summed E-state index contributed by atoms with van der Waals surface area (Å²) in [5, 5.41) is 8.75. The van der Waals surface area contributed by atoms with Crippen LogP contribution in [0.3, 0.4) is 0 Å². The number of benzene rings is 2. The number of nitrogens with zero attached hydrogens (tertiary/aromatic N) is 2. The highest BCUT2D eigenvalue weighted by Gasteiger charge is 2.45. The molecule has 0 bridgehead atoms. The van der Waals surface area contributed by atoms with Crippen molar-refractivity contribution in [2.24, 2.45) is 5.73 Å². The molecule has 3 aromatic rings. The van der Waals surface area contributed by atoms with Gasteiger partial charge < -0.3 is 46.3 Å². The molecule has 0 spiro atoms. The highest BCUT2D eigenvalue weighted by Crippen LogP contribution is 2.42. The van der Waals surface area contributed by atoms with Gasteiger partial charge in [-0.1, -0.05) is 24.3 Å². The van der Waals surface area contributed by atoms with Crippen LogP contribution in [0.2, 0.25) is 0 Å². The molecule has 284 valence electrons. The number of H-pyrrole nitrogens is 1. The van der Waals surface area contributed by atoms with Gasteiger partial charge in [0.25, 0.3) is 5.91 Å². The molecule has 3 aliphatic rings. The standard InChI is InChI=1S/C35H42F2N7O8P/c1-43-15-14-22-8-12-29(33(48)41-26(11-13-30(38)45)31(46)40-25-9-6-19-4-2-3-5-23(19)25)44(22)34(49)28(18-43)42-32(47)27-17-20-16-21(7-10-24(20)39-27)35(36,37)52-53(50)51/h2-5,7,10,16-17,22,25-26,28-29,39,50-51H,6,8-9,11-15,18H2,1H3,(H2,38,45)(H,40,46)(H,41,48)(H,42,47)/t22-,25-,26+,28+,29+/m1/s1. The van der Waals surface area contributed by atoms with E-state index in [1.165, 1.54) is 17.0 Å². The van der Waals surface area contributed by atoms with E-state index in [9.17, 15) is 32.8 Å². The van der Waals surface area contributed by atoms with Gasteiger partial charge in [-0.05, 0) is 87.5 Å². The fourth-order valence-corrected chi connectivity index (χ4v) is 7.84. The maximum absolute atomic E-state index is 14.3. The van der Waals surface area contributed by atoms with Crippen molar-refractivity contribution in [3.63, 3.8) is 0 Å². The second kappa shape index (κ2) is 15.8. The van der Waals surface area contributed by atoms with Gasteiger partial charge in [-0.2, -0.15) is 8.78 Å². The minimum Gasteiger partial charge on any atom is -0.370 e. The Morgan fingerprint density at radius 3 is 2.58 bits per heavy atom. The van der Waals surface area contributed by atoms with Crippen molar-refractivity contribution >= 4 is 49.0 Å². The molecule has 0 radical (unpaired) electrons. The van der Waals surface area contributed by atoms with E-state index < -0.39 is 67.9 Å². The molecule has 1 aromatic heterocycles. The summed E-state index contributed by atoms with van der Waals surface area (Å²) in [6.07, 6.45) is -1.28. The third kappa shape index (κ3) is 8.65. The van der Waals surface area contributed by atoms with Crippen LogP contribution in [-0.2, 0) is 36.2 Å². The van der Waals surface area contributed by atoms with E-state index in [1.807, 2.05) is 36.2 Å². The molecular formula is C35H42F2N7O8P. The minimum absolute atomic E-state index is 0.0223. The molecular weight excluding hydrogens is 715 g/mol. The average Bonchev–Trinajstić information content (AvgIpc) is 3.84. The number of hydrogen-bond donors (Lipinski definition) is 7. The summed E-state index contributed by atoms with van der Waals surface area (Å²) >= 11 is 0. The van der Waals surface area contributed by atoms with Crippen LogP contribution in [0.25, 0.3) is 10.9 Å². The van der Waals surface area contributed by atoms with E-state index in [0.29, 0.717) is 37.7 Å². The number of primary amides is 1. The number of carbonyl (C=O) groups is 5. The molecule has 2 aromatic carbocycles. The van der Waals surface area contributed by atoms with Gasteiger partial charge in [0, 0.05) is 29.9 Å². The molecule has 2 aliphatic heterocycles. The van der Waals surface area contributed by atoms with E-state index in [1.54, 1.807) is 0 Å². The van der Waals surface area contributed by atoms with E-state index in [4.69, 9.17) is 15.5 Å². The summed E-state index contributed by atoms with van der Waals surface area (Å²) in [4.78, 5) is 91.0. The van der Waals surface area contributed by atoms with Crippen LogP contribution in [0.1, 0.15) is 71.7 Å². The predicted molar refractivity (Wildman–Crippen MR) is 188 cm³/mol. The summed E-state index contributed by atoms with van der Waals surface area (Å²) in [5.74, 6) is -2.84. The minimum atomic E-state index is -4.00. The molecule has 3 heterocycles. The van der Waals surface area contributed by atoms with Crippen molar-refractivity contribution in [1.82, 2.24) is 30.7 Å². The molecule has 2 fully saturated rings. The summed E-state index contributed by atoms with van der Waals surface area (Å²) in [5.41, 5.74) is 7.17. The summed E-state index contributed by atoms with van der Waals surface area (Å²) in [6, 6.07) is 8.74. The zero-order chi connectivity index (χ0) is 38.0. The first-order valence-electron chi connectivity index (χ1n) is 17.4. The Kier molecular flexibility index (Phi) is 11.4. The Labute approximate surface area is 304 Å². The zero-order valence-corrected chi connectivity index (χ0v) is 29.8. The molecule has 5 amide bonds. The van der Waals surface area contributed by atoms with Gasteiger partial charge in [-0.3, -0.25) is 24.0 Å². The predicted octanol–water partition coefficient (Wildman–Crippen LogP) is 1.79. The number of halogens is 2. The fraction of sp³-hybridized carbons (Fsp3) is 0.457. The summed E-state index contributed by atoms with van der Waals surface area (Å²) in [7, 11) is -1.53. The van der Waals surface area contributed by atoms with Crippen LogP contribution in [0.5, 0.6) is 0 Å². The van der Waals surface area contributed by atoms with Crippen LogP contribution in [-0.4, -0.2) is 98.4 Å². The first-order chi connectivity index (χ1) is 25.2. The number of aryl methyl sites for hydroxylation is 1. The largest absolute Gasteiger partial charge is 0.389 e. The molecule has 0 unspecified atom stereocenters. The molecule has 2 saturated heterocycles. The molecule has 6 rings (SSSR count). The van der Waals surface area contributed by atoms with Crippen LogP contribution < -0.4 is 21.7 Å². The Hall–Kier alpha value is -4.54. The van der Waals surface area contributed by atoms with Crippen molar-refractivity contribution < 1.29 is 47.1 Å². The van der Waals surface area contributed by atoms with Gasteiger partial charge in [0.1, 0.15) is 23.8 Å². The number of aromatic nitrogens is 1. The van der Waals surface area contributed by atoms with Gasteiger partial charge >= 0.3 is 14.7 Å². The van der Waals surface area contributed by atoms with Crippen LogP contribution in [0.4, 0.5) is 8.78 Å². The van der Waals surface area contributed by atoms with Crippen molar-refractivity contribution in [3.05, 3.63) is 70.9 Å². The second-order valence-electron chi connectivity index (χ2n) is 13.8. The number of alkyl halides is 2. The lowest BCUT2D eigenvalue weighted by atomic mass is 10.1. The molecule has 15 nitrogen and oxygen atoms in total. The number of hydrogen-bond acceptors (Lipinski definition) is 9. The van der Waals surface area contributed by atoms with Crippen molar-refractivity contribution in [2.45, 2.75) is 81.3 Å². The van der Waals surface area contributed by atoms with Crippen molar-refractivity contribution in [3.8, 4) is 0 Å². The number of likely N-dealkylation sites (N-methyl/N-ethyl adjacent to an activating group) is 1. The van der Waals surface area contributed by atoms with E-state index >= 15 is 0 Å². The lowest BCUT2D eigenvalue weighted by molar-refractivity contribution is -0.189. The number of fused-ring (bicyclic) bond motifs is 3. The Morgan fingerprint density at radius 2 is 1.83 bits per heavy atom. The first-order valence-corrected chi connectivity index (χ1v) is 18.5. The molecule has 1 aliphatic carbocycles. The Morgan fingerprint density at radius 1 is 1.06 bits per heavy atom. The molecule has 0 saturated carbocycles. The molecule has 5 atom stereocenters. The molecule has 53 heavy (non-hydrogen) atoms. The third-order valence-electron chi connectivity index (χ3n) is 10.2. The maximum atomic E-state index is 14.3. The maximum Gasteiger partial charge on any atom is 0.389 e. The molecule has 8 N–H and O–H groups in total. The zero-order valence-electron chi connectivity index (χ0n) is 28.9. The highest BCUT2D eigenvalue weighted by molar-refractivity contribution is 7.39. The van der Waals surface area contributed by atoms with Crippen LogP contribution >= 0.6 is 8.60 Å². The van der Waals surface area contributed by atoms with E-state index in [2.05, 4.69) is 25.5 Å². The lowest BCUT2D eigenvalue weighted by Gasteiger charge is -2.38. The van der Waals surface area contributed by atoms with Crippen molar-refractivity contribution in [1.29, 1.82) is 0 Å². The van der Waals surface area contributed by atoms with Crippen molar-refractivity contribution in [2.75, 3.05) is 20.1 Å². The first kappa shape index (κ1) is 38.2. The van der Waals surface area contributed by atoms with Gasteiger partial charge in [-0.15, -0.1) is 0 Å². The quantitative estimate of drug-likeness (QED) is 0.134. The monoisotopic (exact) mass is 757 g/mol. The van der Waals surface area contributed by atoms with Gasteiger partial charge in [0.05, 0.1) is 11.6 Å². The number of rotatable bonds is 12. The fourth-order valence-electron chi connectivity index (χ4n) is 7.53. The van der Waals surface area contributed by atoms with E-state index in [-0.39, 0.29) is 42.6 Å². The SMILES string of the molecule is CN1CC[C@H]2CC[C@@H](C(=O)N[C@@H](CCC(N)=O)C(=O)N[C@@H]3CCc4ccccc43)N2C(=O)[C@@H](NC(=O)c2cc3cc(C(F)(F)OP(O)O)ccc3[nH]2)C1. The Bertz CT molecular complexity index is 1890. The summed E-state index contributed by atoms with van der Waals surface area (Å²) < 4.78 is 32.6. The molecule has 18 heteroatoms. The number of nitrogens with two attached hydrogens (primary N) is 1. The number of amides is 5. The van der Waals surface area contributed by atoms with Crippen LogP contribution in [0.15, 0.2) is 48.5 Å². The normalized spacial score (nSPS) is 22.5. The second-order valence-corrected chi connectivity index (χ2v) is 14.5. The van der Waals surface area contributed by atoms with Gasteiger partial charge in [0.15, 0.2) is 0 Å². The van der Waals surface area contributed by atoms with Gasteiger partial charge in [-0.25, -0.2) is 4.52 Å². The Balaban J connectivity index is 1.17. The van der Waals surface area contributed by atoms with Gasteiger partial charge in [0.2, 0.25) is 23.6 Å².